The number of nitrogens with zero attached hydrogens (tertiary/aromatic N) is 1. The van der Waals surface area contributed by atoms with Crippen LogP contribution >= 0.6 is 12.2 Å². The Morgan fingerprint density at radius 1 is 1.08 bits per heavy atom. The predicted octanol–water partition coefficient (Wildman–Crippen LogP) is 4.04. The van der Waals surface area contributed by atoms with Crippen molar-refractivity contribution in [2.75, 3.05) is 23.7 Å². The minimum atomic E-state index is -0.0504. The highest BCUT2D eigenvalue weighted by Gasteiger charge is 2.27. The van der Waals surface area contributed by atoms with Gasteiger partial charge >= 0.3 is 0 Å². The molecule has 1 fully saturated rings. The van der Waals surface area contributed by atoms with Crippen LogP contribution < -0.4 is 10.6 Å². The summed E-state index contributed by atoms with van der Waals surface area (Å²) in [6.45, 7) is 3.58. The Labute approximate surface area is 154 Å². The number of aryl methyl sites for hydroxylation is 1. The number of carbonyl (C=O) groups excluding carboxylic acids is 1. The third kappa shape index (κ3) is 4.57. The molecule has 1 amide bonds. The number of rotatable bonds is 3. The lowest BCUT2D eigenvalue weighted by molar-refractivity contribution is -0.121. The minimum Gasteiger partial charge on any atom is -0.348 e. The Bertz CT molecular complexity index is 748. The van der Waals surface area contributed by atoms with Crippen LogP contribution in [-0.2, 0) is 4.79 Å². The van der Waals surface area contributed by atoms with Crippen LogP contribution in [0.2, 0.25) is 0 Å². The average Bonchev–Trinajstić information content (AvgIpc) is 2.64. The standard InChI is InChI=1S/C20H23N3OS/c1-15-8-5-6-12-18(15)22-20(25)23-13-7-9-16(14-23)19(24)21-17-10-3-2-4-11-17/h2-6,8,10-12,16H,7,9,13-14H2,1H3,(H,21,24)(H,22,25). The van der Waals surface area contributed by atoms with Crippen LogP contribution in [0.4, 0.5) is 11.4 Å². The van der Waals surface area contributed by atoms with Gasteiger partial charge < -0.3 is 15.5 Å². The second-order valence-electron chi connectivity index (χ2n) is 6.39. The lowest BCUT2D eigenvalue weighted by Gasteiger charge is -2.34. The van der Waals surface area contributed by atoms with E-state index in [1.54, 1.807) is 0 Å². The molecule has 5 heteroatoms. The number of hydrogen-bond acceptors (Lipinski definition) is 2. The van der Waals surface area contributed by atoms with E-state index in [1.165, 1.54) is 0 Å². The first-order valence-corrected chi connectivity index (χ1v) is 9.02. The van der Waals surface area contributed by atoms with Gasteiger partial charge in [-0.05, 0) is 55.7 Å². The van der Waals surface area contributed by atoms with Crippen LogP contribution in [0.5, 0.6) is 0 Å². The Morgan fingerprint density at radius 3 is 2.56 bits per heavy atom. The fraction of sp³-hybridized carbons (Fsp3) is 0.300. The maximum absolute atomic E-state index is 12.5. The summed E-state index contributed by atoms with van der Waals surface area (Å²) in [5, 5.41) is 7.00. The fourth-order valence-corrected chi connectivity index (χ4v) is 3.32. The number of para-hydroxylation sites is 2. The summed E-state index contributed by atoms with van der Waals surface area (Å²) in [4.78, 5) is 14.6. The molecule has 0 spiro atoms. The number of amides is 1. The number of likely N-dealkylation sites (tertiary alicyclic amines) is 1. The summed E-state index contributed by atoms with van der Waals surface area (Å²) in [6.07, 6.45) is 1.85. The summed E-state index contributed by atoms with van der Waals surface area (Å²) in [5.74, 6) is 0.0140. The molecule has 0 bridgehead atoms. The van der Waals surface area contributed by atoms with Crippen LogP contribution in [0.25, 0.3) is 0 Å². The van der Waals surface area contributed by atoms with Gasteiger partial charge in [-0.1, -0.05) is 36.4 Å². The SMILES string of the molecule is Cc1ccccc1NC(=S)N1CCCC(C(=O)Nc2ccccc2)C1. The highest BCUT2D eigenvalue weighted by Crippen LogP contribution is 2.21. The molecule has 25 heavy (non-hydrogen) atoms. The van der Waals surface area contributed by atoms with Crippen LogP contribution in [0.1, 0.15) is 18.4 Å². The zero-order valence-electron chi connectivity index (χ0n) is 14.4. The quantitative estimate of drug-likeness (QED) is 0.818. The molecule has 0 radical (unpaired) electrons. The first kappa shape index (κ1) is 17.4. The Hall–Kier alpha value is -2.40. The molecule has 2 aromatic carbocycles. The molecule has 1 saturated heterocycles. The van der Waals surface area contributed by atoms with E-state index in [0.29, 0.717) is 11.7 Å². The van der Waals surface area contributed by atoms with Crippen molar-refractivity contribution < 1.29 is 4.79 Å². The van der Waals surface area contributed by atoms with Crippen molar-refractivity contribution in [2.24, 2.45) is 5.92 Å². The van der Waals surface area contributed by atoms with Gasteiger partial charge in [-0.3, -0.25) is 4.79 Å². The highest BCUT2D eigenvalue weighted by molar-refractivity contribution is 7.80. The van der Waals surface area contributed by atoms with Crippen LogP contribution in [0.3, 0.4) is 0 Å². The zero-order valence-corrected chi connectivity index (χ0v) is 15.2. The molecule has 1 aliphatic rings. The van der Waals surface area contributed by atoms with Crippen molar-refractivity contribution in [3.63, 3.8) is 0 Å². The molecule has 2 aromatic rings. The van der Waals surface area contributed by atoms with Gasteiger partial charge in [0, 0.05) is 24.5 Å². The Kier molecular flexibility index (Phi) is 5.66. The fourth-order valence-electron chi connectivity index (χ4n) is 3.05. The largest absolute Gasteiger partial charge is 0.348 e. The zero-order chi connectivity index (χ0) is 17.6. The summed E-state index contributed by atoms with van der Waals surface area (Å²) in [7, 11) is 0. The molecule has 1 atom stereocenters. The minimum absolute atomic E-state index is 0.0504. The van der Waals surface area contributed by atoms with E-state index in [0.717, 1.165) is 36.3 Å². The molecule has 1 unspecified atom stereocenters. The van der Waals surface area contributed by atoms with Gasteiger partial charge in [0.25, 0.3) is 0 Å². The van der Waals surface area contributed by atoms with Gasteiger partial charge in [0.2, 0.25) is 5.91 Å². The molecular formula is C20H23N3OS. The van der Waals surface area contributed by atoms with Gasteiger partial charge in [0.05, 0.1) is 5.92 Å². The van der Waals surface area contributed by atoms with Gasteiger partial charge in [0.1, 0.15) is 0 Å². The number of hydrogen-bond donors (Lipinski definition) is 2. The van der Waals surface area contributed by atoms with E-state index in [2.05, 4.69) is 28.5 Å². The second kappa shape index (κ2) is 8.12. The lowest BCUT2D eigenvalue weighted by atomic mass is 9.97. The first-order chi connectivity index (χ1) is 12.1. The van der Waals surface area contributed by atoms with E-state index in [1.807, 2.05) is 48.5 Å². The van der Waals surface area contributed by atoms with Crippen molar-refractivity contribution >= 4 is 34.6 Å². The molecule has 0 aliphatic carbocycles. The molecule has 0 aromatic heterocycles. The topological polar surface area (TPSA) is 44.4 Å². The molecule has 1 aliphatic heterocycles. The molecule has 4 nitrogen and oxygen atoms in total. The van der Waals surface area contributed by atoms with Gasteiger partial charge in [0.15, 0.2) is 5.11 Å². The van der Waals surface area contributed by atoms with E-state index >= 15 is 0 Å². The molecular weight excluding hydrogens is 330 g/mol. The second-order valence-corrected chi connectivity index (χ2v) is 6.77. The summed E-state index contributed by atoms with van der Waals surface area (Å²) in [5.41, 5.74) is 3.01. The normalized spacial score (nSPS) is 17.0. The first-order valence-electron chi connectivity index (χ1n) is 8.61. The van der Waals surface area contributed by atoms with Gasteiger partial charge in [-0.15, -0.1) is 0 Å². The van der Waals surface area contributed by atoms with Crippen molar-refractivity contribution in [3.8, 4) is 0 Å². The van der Waals surface area contributed by atoms with E-state index in [4.69, 9.17) is 12.2 Å². The van der Waals surface area contributed by atoms with Crippen molar-refractivity contribution in [3.05, 3.63) is 60.2 Å². The van der Waals surface area contributed by atoms with E-state index in [-0.39, 0.29) is 11.8 Å². The molecule has 0 saturated carbocycles. The summed E-state index contributed by atoms with van der Waals surface area (Å²) < 4.78 is 0. The van der Waals surface area contributed by atoms with Crippen LogP contribution in [0.15, 0.2) is 54.6 Å². The highest BCUT2D eigenvalue weighted by atomic mass is 32.1. The monoisotopic (exact) mass is 353 g/mol. The third-order valence-corrected chi connectivity index (χ3v) is 4.87. The van der Waals surface area contributed by atoms with Crippen molar-refractivity contribution in [2.45, 2.75) is 19.8 Å². The molecule has 2 N–H and O–H groups in total. The van der Waals surface area contributed by atoms with Gasteiger partial charge in [-0.2, -0.15) is 0 Å². The predicted molar refractivity (Wildman–Crippen MR) is 107 cm³/mol. The Balaban J connectivity index is 1.59. The van der Waals surface area contributed by atoms with E-state index < -0.39 is 0 Å². The maximum Gasteiger partial charge on any atom is 0.229 e. The number of thiocarbonyl (C=S) groups is 1. The van der Waals surface area contributed by atoms with Gasteiger partial charge in [-0.25, -0.2) is 0 Å². The molecule has 3 rings (SSSR count). The number of anilines is 2. The molecule has 130 valence electrons. The van der Waals surface area contributed by atoms with E-state index in [9.17, 15) is 4.79 Å². The van der Waals surface area contributed by atoms with Crippen LogP contribution in [0, 0.1) is 12.8 Å². The lowest BCUT2D eigenvalue weighted by Crippen LogP contribution is -2.45. The van der Waals surface area contributed by atoms with Crippen LogP contribution in [-0.4, -0.2) is 29.0 Å². The number of benzene rings is 2. The molecule has 1 heterocycles. The number of nitrogens with one attached hydrogen (secondary N) is 2. The van der Waals surface area contributed by atoms with Crippen molar-refractivity contribution in [1.29, 1.82) is 0 Å². The number of piperidine rings is 1. The van der Waals surface area contributed by atoms with Crippen molar-refractivity contribution in [1.82, 2.24) is 4.90 Å². The maximum atomic E-state index is 12.5. The summed E-state index contributed by atoms with van der Waals surface area (Å²) >= 11 is 5.57. The third-order valence-electron chi connectivity index (χ3n) is 4.51. The average molecular weight is 353 g/mol. The summed E-state index contributed by atoms with van der Waals surface area (Å²) in [6, 6.07) is 17.7. The number of carbonyl (C=O) groups is 1. The Morgan fingerprint density at radius 2 is 1.80 bits per heavy atom. The smallest absolute Gasteiger partial charge is 0.229 e.